The second-order valence-corrected chi connectivity index (χ2v) is 4.60. The van der Waals surface area contributed by atoms with E-state index in [-0.39, 0.29) is 18.1 Å². The molecule has 5 nitrogen and oxygen atoms in total. The predicted molar refractivity (Wildman–Crippen MR) is 68.6 cm³/mol. The number of hydrogen-bond donors (Lipinski definition) is 2. The Morgan fingerprint density at radius 1 is 1.44 bits per heavy atom. The van der Waals surface area contributed by atoms with Gasteiger partial charge >= 0.3 is 0 Å². The molecule has 2 rings (SSSR count). The largest absolute Gasteiger partial charge is 0.378 e. The number of pyridine rings is 1. The van der Waals surface area contributed by atoms with Crippen LogP contribution in [0.2, 0.25) is 0 Å². The molecule has 0 saturated carbocycles. The van der Waals surface area contributed by atoms with Gasteiger partial charge in [-0.2, -0.15) is 0 Å². The van der Waals surface area contributed by atoms with Crippen molar-refractivity contribution in [1.29, 1.82) is 0 Å². The number of amides is 1. The summed E-state index contributed by atoms with van der Waals surface area (Å²) in [7, 11) is 1.66. The van der Waals surface area contributed by atoms with Gasteiger partial charge in [-0.3, -0.25) is 9.78 Å². The molecule has 1 unspecified atom stereocenters. The van der Waals surface area contributed by atoms with E-state index in [1.54, 1.807) is 7.11 Å². The first kappa shape index (κ1) is 13.0. The fourth-order valence-corrected chi connectivity index (χ4v) is 2.22. The summed E-state index contributed by atoms with van der Waals surface area (Å²) in [5, 5.41) is 6.19. The van der Waals surface area contributed by atoms with Crippen LogP contribution in [-0.2, 0) is 4.74 Å². The number of aromatic nitrogens is 1. The van der Waals surface area contributed by atoms with Crippen molar-refractivity contribution in [3.63, 3.8) is 0 Å². The van der Waals surface area contributed by atoms with E-state index in [0.717, 1.165) is 24.5 Å². The lowest BCUT2D eigenvalue weighted by Crippen LogP contribution is -2.43. The summed E-state index contributed by atoms with van der Waals surface area (Å²) >= 11 is 0. The summed E-state index contributed by atoms with van der Waals surface area (Å²) in [4.78, 5) is 16.5. The molecule has 0 radical (unpaired) electrons. The van der Waals surface area contributed by atoms with Crippen LogP contribution in [0.3, 0.4) is 0 Å². The number of rotatable bonds is 3. The smallest absolute Gasteiger partial charge is 0.253 e. The van der Waals surface area contributed by atoms with Gasteiger partial charge in [0.1, 0.15) is 0 Å². The Bertz CT molecular complexity index is 448. The minimum Gasteiger partial charge on any atom is -0.378 e. The summed E-state index contributed by atoms with van der Waals surface area (Å²) in [5.74, 6) is -0.0873. The third-order valence-electron chi connectivity index (χ3n) is 3.25. The standard InChI is InChI=1S/C13H19N3O2/c1-8-4-5-10(9(2)15-8)13(17)16-11-6-14-7-12(11)18-3/h4-5,11-12,14H,6-7H2,1-3H3,(H,16,17)/t11?,12-/m0/s1. The van der Waals surface area contributed by atoms with E-state index in [4.69, 9.17) is 4.74 Å². The predicted octanol–water partition coefficient (Wildman–Crippen LogP) is 0.415. The van der Waals surface area contributed by atoms with Gasteiger partial charge < -0.3 is 15.4 Å². The molecule has 1 aromatic heterocycles. The molecule has 1 fully saturated rings. The van der Waals surface area contributed by atoms with E-state index >= 15 is 0 Å². The van der Waals surface area contributed by atoms with Gasteiger partial charge in [0.15, 0.2) is 0 Å². The molecule has 1 aliphatic heterocycles. The van der Waals surface area contributed by atoms with Crippen molar-refractivity contribution in [3.05, 3.63) is 29.1 Å². The number of hydrogen-bond acceptors (Lipinski definition) is 4. The maximum Gasteiger partial charge on any atom is 0.253 e. The van der Waals surface area contributed by atoms with Crippen LogP contribution < -0.4 is 10.6 Å². The topological polar surface area (TPSA) is 63.2 Å². The minimum absolute atomic E-state index is 0.0169. The van der Waals surface area contributed by atoms with E-state index in [1.807, 2.05) is 26.0 Å². The number of ether oxygens (including phenoxy) is 1. The highest BCUT2D eigenvalue weighted by atomic mass is 16.5. The van der Waals surface area contributed by atoms with Crippen LogP contribution >= 0.6 is 0 Å². The zero-order valence-corrected chi connectivity index (χ0v) is 11.0. The molecule has 1 amide bonds. The molecule has 0 bridgehead atoms. The summed E-state index contributed by atoms with van der Waals surface area (Å²) in [6.45, 7) is 5.27. The molecule has 1 aromatic rings. The van der Waals surface area contributed by atoms with Crippen LogP contribution in [0.5, 0.6) is 0 Å². The Labute approximate surface area is 107 Å². The monoisotopic (exact) mass is 249 g/mol. The lowest BCUT2D eigenvalue weighted by molar-refractivity contribution is 0.0779. The molecule has 2 heterocycles. The van der Waals surface area contributed by atoms with Crippen molar-refractivity contribution in [2.75, 3.05) is 20.2 Å². The van der Waals surface area contributed by atoms with Crippen LogP contribution in [-0.4, -0.2) is 43.2 Å². The van der Waals surface area contributed by atoms with Crippen LogP contribution in [0.4, 0.5) is 0 Å². The first-order valence-corrected chi connectivity index (χ1v) is 6.10. The Morgan fingerprint density at radius 2 is 2.22 bits per heavy atom. The van der Waals surface area contributed by atoms with Crippen LogP contribution in [0.25, 0.3) is 0 Å². The Morgan fingerprint density at radius 3 is 2.89 bits per heavy atom. The zero-order valence-electron chi connectivity index (χ0n) is 11.0. The fourth-order valence-electron chi connectivity index (χ4n) is 2.22. The van der Waals surface area contributed by atoms with Crippen LogP contribution in [0.1, 0.15) is 21.7 Å². The van der Waals surface area contributed by atoms with Gasteiger partial charge in [0.05, 0.1) is 23.4 Å². The fraction of sp³-hybridized carbons (Fsp3) is 0.538. The molecule has 1 aliphatic rings. The number of aryl methyl sites for hydroxylation is 2. The molecule has 2 atom stereocenters. The van der Waals surface area contributed by atoms with E-state index in [2.05, 4.69) is 15.6 Å². The van der Waals surface area contributed by atoms with E-state index in [1.165, 1.54) is 0 Å². The van der Waals surface area contributed by atoms with Crippen molar-refractivity contribution in [2.24, 2.45) is 0 Å². The Hall–Kier alpha value is -1.46. The van der Waals surface area contributed by atoms with E-state index in [0.29, 0.717) is 5.56 Å². The molecule has 0 aliphatic carbocycles. The second-order valence-electron chi connectivity index (χ2n) is 4.60. The normalized spacial score (nSPS) is 23.1. The average molecular weight is 249 g/mol. The molecule has 0 aromatic carbocycles. The summed E-state index contributed by atoms with van der Waals surface area (Å²) < 4.78 is 5.32. The van der Waals surface area contributed by atoms with Gasteiger partial charge in [-0.05, 0) is 26.0 Å². The molecule has 0 spiro atoms. The molecule has 5 heteroatoms. The van der Waals surface area contributed by atoms with Crippen LogP contribution in [0, 0.1) is 13.8 Å². The lowest BCUT2D eigenvalue weighted by Gasteiger charge is -2.19. The first-order chi connectivity index (χ1) is 8.61. The first-order valence-electron chi connectivity index (χ1n) is 6.10. The maximum absolute atomic E-state index is 12.2. The van der Waals surface area contributed by atoms with E-state index < -0.39 is 0 Å². The van der Waals surface area contributed by atoms with Crippen molar-refractivity contribution < 1.29 is 9.53 Å². The SMILES string of the molecule is CO[C@H]1CNCC1NC(=O)c1ccc(C)nc1C. The Balaban J connectivity index is 2.07. The highest BCUT2D eigenvalue weighted by molar-refractivity contribution is 5.95. The molecular formula is C13H19N3O2. The zero-order chi connectivity index (χ0) is 13.1. The van der Waals surface area contributed by atoms with Crippen molar-refractivity contribution in [2.45, 2.75) is 26.0 Å². The van der Waals surface area contributed by atoms with Crippen molar-refractivity contribution in [1.82, 2.24) is 15.6 Å². The quantitative estimate of drug-likeness (QED) is 0.814. The second kappa shape index (κ2) is 5.46. The third kappa shape index (κ3) is 2.68. The molecule has 18 heavy (non-hydrogen) atoms. The Kier molecular flexibility index (Phi) is 3.93. The number of methoxy groups -OCH3 is 1. The van der Waals surface area contributed by atoms with Gasteiger partial charge in [-0.15, -0.1) is 0 Å². The van der Waals surface area contributed by atoms with Crippen LogP contribution in [0.15, 0.2) is 12.1 Å². The van der Waals surface area contributed by atoms with Gasteiger partial charge in [0.2, 0.25) is 0 Å². The van der Waals surface area contributed by atoms with Gasteiger partial charge in [-0.1, -0.05) is 0 Å². The molecule has 98 valence electrons. The van der Waals surface area contributed by atoms with Gasteiger partial charge in [-0.25, -0.2) is 0 Å². The van der Waals surface area contributed by atoms with E-state index in [9.17, 15) is 4.79 Å². The summed E-state index contributed by atoms with van der Waals surface area (Å²) in [6, 6.07) is 3.68. The maximum atomic E-state index is 12.2. The lowest BCUT2D eigenvalue weighted by atomic mass is 10.1. The highest BCUT2D eigenvalue weighted by Gasteiger charge is 2.28. The molecule has 2 N–H and O–H groups in total. The minimum atomic E-state index is -0.0873. The van der Waals surface area contributed by atoms with Crippen molar-refractivity contribution in [3.8, 4) is 0 Å². The molecular weight excluding hydrogens is 230 g/mol. The molecule has 1 saturated heterocycles. The number of carbonyl (C=O) groups is 1. The summed E-state index contributed by atoms with van der Waals surface area (Å²) in [5.41, 5.74) is 2.30. The number of carbonyl (C=O) groups excluding carboxylic acids is 1. The third-order valence-corrected chi connectivity index (χ3v) is 3.25. The van der Waals surface area contributed by atoms with Gasteiger partial charge in [0.25, 0.3) is 5.91 Å². The number of nitrogens with one attached hydrogen (secondary N) is 2. The average Bonchev–Trinajstić information content (AvgIpc) is 2.76. The summed E-state index contributed by atoms with van der Waals surface area (Å²) in [6.07, 6.45) is 0.0349. The highest BCUT2D eigenvalue weighted by Crippen LogP contribution is 2.09. The number of nitrogens with zero attached hydrogens (tertiary/aromatic N) is 1. The van der Waals surface area contributed by atoms with Gasteiger partial charge in [0, 0.05) is 25.9 Å². The van der Waals surface area contributed by atoms with Crippen molar-refractivity contribution >= 4 is 5.91 Å².